The van der Waals surface area contributed by atoms with E-state index in [0.29, 0.717) is 5.82 Å². The SMILES string of the molecule is C1=CC2c3ccc4c(oc5c(-c6nc(-c7ccccc7)cc(-c7ccc8sc9ccccc9c8c7)n6)cccc54)c3N(c3ccccc3)C2C=C1. The zero-order valence-corrected chi connectivity index (χ0v) is 28.2. The zero-order valence-electron chi connectivity index (χ0n) is 27.4. The number of fused-ring (bicyclic) bond motifs is 10. The molecule has 3 aromatic heterocycles. The summed E-state index contributed by atoms with van der Waals surface area (Å²) in [6.07, 6.45) is 8.93. The van der Waals surface area contributed by atoms with Gasteiger partial charge in [-0.05, 0) is 48.0 Å². The molecule has 5 heteroatoms. The lowest BCUT2D eigenvalue weighted by Gasteiger charge is -2.28. The summed E-state index contributed by atoms with van der Waals surface area (Å²) >= 11 is 1.83. The van der Waals surface area contributed by atoms with Gasteiger partial charge >= 0.3 is 0 Å². The van der Waals surface area contributed by atoms with Crippen LogP contribution < -0.4 is 4.90 Å². The van der Waals surface area contributed by atoms with E-state index in [1.807, 2.05) is 17.4 Å². The minimum atomic E-state index is 0.178. The van der Waals surface area contributed by atoms with E-state index in [-0.39, 0.29) is 12.0 Å². The molecule has 0 N–H and O–H groups in total. The molecular weight excluding hydrogens is 643 g/mol. The summed E-state index contributed by atoms with van der Waals surface area (Å²) in [4.78, 5) is 13.0. The molecule has 0 radical (unpaired) electrons. The molecule has 11 rings (SSSR count). The number of thiophene rings is 1. The number of nitrogens with zero attached hydrogens (tertiary/aromatic N) is 3. The molecule has 51 heavy (non-hydrogen) atoms. The van der Waals surface area contributed by atoms with Crippen molar-refractivity contribution < 1.29 is 4.42 Å². The number of furan rings is 1. The molecule has 0 amide bonds. The molecule has 2 unspecified atom stereocenters. The van der Waals surface area contributed by atoms with Crippen molar-refractivity contribution in [2.45, 2.75) is 12.0 Å². The van der Waals surface area contributed by atoms with E-state index < -0.39 is 0 Å². The third-order valence-corrected chi connectivity index (χ3v) is 11.6. The predicted molar refractivity (Wildman–Crippen MR) is 212 cm³/mol. The van der Waals surface area contributed by atoms with Gasteiger partial charge < -0.3 is 9.32 Å². The molecular formula is C46H29N3OS. The van der Waals surface area contributed by atoms with Crippen LogP contribution >= 0.6 is 11.3 Å². The Balaban J connectivity index is 1.14. The maximum absolute atomic E-state index is 7.06. The number of hydrogen-bond acceptors (Lipinski definition) is 5. The highest BCUT2D eigenvalue weighted by Crippen LogP contribution is 2.52. The monoisotopic (exact) mass is 671 g/mol. The van der Waals surface area contributed by atoms with Crippen LogP contribution in [0.25, 0.3) is 76.0 Å². The van der Waals surface area contributed by atoms with Crippen molar-refractivity contribution in [1.29, 1.82) is 0 Å². The highest BCUT2D eigenvalue weighted by molar-refractivity contribution is 7.25. The van der Waals surface area contributed by atoms with Gasteiger partial charge in [0.05, 0.1) is 28.7 Å². The van der Waals surface area contributed by atoms with Gasteiger partial charge in [-0.1, -0.05) is 121 Å². The summed E-state index contributed by atoms with van der Waals surface area (Å²) in [6, 6.07) is 49.5. The minimum absolute atomic E-state index is 0.178. The Morgan fingerprint density at radius 3 is 2.16 bits per heavy atom. The van der Waals surface area contributed by atoms with Crippen LogP contribution in [0, 0.1) is 0 Å². The van der Waals surface area contributed by atoms with Crippen LogP contribution in [-0.4, -0.2) is 16.0 Å². The number of hydrogen-bond donors (Lipinski definition) is 0. The normalized spacial score (nSPS) is 16.4. The smallest absolute Gasteiger partial charge is 0.164 e. The van der Waals surface area contributed by atoms with Crippen LogP contribution in [0.5, 0.6) is 0 Å². The summed E-state index contributed by atoms with van der Waals surface area (Å²) < 4.78 is 9.62. The second-order valence-corrected chi connectivity index (χ2v) is 14.4. The Kier molecular flexibility index (Phi) is 6.21. The van der Waals surface area contributed by atoms with Crippen molar-refractivity contribution in [2.75, 3.05) is 4.90 Å². The van der Waals surface area contributed by atoms with Crippen molar-refractivity contribution in [2.24, 2.45) is 0 Å². The van der Waals surface area contributed by atoms with Gasteiger partial charge in [-0.2, -0.15) is 0 Å². The third kappa shape index (κ3) is 4.38. The fourth-order valence-electron chi connectivity index (χ4n) is 8.08. The van der Waals surface area contributed by atoms with Gasteiger partial charge in [0.1, 0.15) is 5.58 Å². The van der Waals surface area contributed by atoms with Gasteiger partial charge in [0.2, 0.25) is 0 Å². The molecule has 2 aliphatic rings. The Hall–Kier alpha value is -6.30. The van der Waals surface area contributed by atoms with E-state index >= 15 is 0 Å². The van der Waals surface area contributed by atoms with Crippen molar-refractivity contribution in [3.8, 4) is 33.9 Å². The van der Waals surface area contributed by atoms with E-state index in [2.05, 4.69) is 163 Å². The van der Waals surface area contributed by atoms with E-state index in [0.717, 1.165) is 61.4 Å². The van der Waals surface area contributed by atoms with Gasteiger partial charge in [-0.3, -0.25) is 0 Å². The summed E-state index contributed by atoms with van der Waals surface area (Å²) in [5.74, 6) is 0.885. The fourth-order valence-corrected chi connectivity index (χ4v) is 9.17. The Morgan fingerprint density at radius 1 is 0.549 bits per heavy atom. The van der Waals surface area contributed by atoms with E-state index in [4.69, 9.17) is 14.4 Å². The van der Waals surface area contributed by atoms with Crippen LogP contribution in [0.15, 0.2) is 168 Å². The minimum Gasteiger partial charge on any atom is -0.453 e. The topological polar surface area (TPSA) is 42.2 Å². The molecule has 0 bridgehead atoms. The van der Waals surface area contributed by atoms with Crippen LogP contribution in [0.4, 0.5) is 11.4 Å². The molecule has 0 spiro atoms. The Morgan fingerprint density at radius 2 is 1.27 bits per heavy atom. The number of allylic oxidation sites excluding steroid dienone is 2. The molecule has 1 aliphatic heterocycles. The number of benzene rings is 6. The first-order valence-electron chi connectivity index (χ1n) is 17.3. The largest absolute Gasteiger partial charge is 0.453 e. The van der Waals surface area contributed by atoms with Gasteiger partial charge in [-0.25, -0.2) is 9.97 Å². The van der Waals surface area contributed by atoms with Gasteiger partial charge in [-0.15, -0.1) is 11.3 Å². The molecule has 0 fully saturated rings. The fraction of sp³-hybridized carbons (Fsp3) is 0.0435. The molecule has 4 nitrogen and oxygen atoms in total. The Labute approximate surface area is 298 Å². The van der Waals surface area contributed by atoms with Crippen LogP contribution in [-0.2, 0) is 0 Å². The maximum Gasteiger partial charge on any atom is 0.164 e. The zero-order chi connectivity index (χ0) is 33.5. The molecule has 0 saturated carbocycles. The number of rotatable bonds is 4. The van der Waals surface area contributed by atoms with Crippen molar-refractivity contribution in [1.82, 2.24) is 9.97 Å². The second kappa shape index (κ2) is 11.1. The molecule has 9 aromatic rings. The molecule has 1 aliphatic carbocycles. The molecule has 6 aromatic carbocycles. The number of anilines is 2. The molecule has 240 valence electrons. The second-order valence-electron chi connectivity index (χ2n) is 13.3. The van der Waals surface area contributed by atoms with Crippen LogP contribution in [0.1, 0.15) is 11.5 Å². The first kappa shape index (κ1) is 28.5. The van der Waals surface area contributed by atoms with Crippen molar-refractivity contribution >= 4 is 64.8 Å². The molecule has 2 atom stereocenters. The summed E-state index contributed by atoms with van der Waals surface area (Å²) in [5, 5.41) is 4.66. The van der Waals surface area contributed by atoms with Gasteiger partial charge in [0, 0.05) is 53.7 Å². The first-order chi connectivity index (χ1) is 25.3. The van der Waals surface area contributed by atoms with Crippen molar-refractivity contribution in [3.63, 3.8) is 0 Å². The lowest BCUT2D eigenvalue weighted by Crippen LogP contribution is -2.28. The predicted octanol–water partition coefficient (Wildman–Crippen LogP) is 12.5. The number of aromatic nitrogens is 2. The van der Waals surface area contributed by atoms with Crippen molar-refractivity contribution in [3.05, 3.63) is 169 Å². The lowest BCUT2D eigenvalue weighted by atomic mass is 9.91. The van der Waals surface area contributed by atoms with E-state index in [9.17, 15) is 0 Å². The summed E-state index contributed by atoms with van der Waals surface area (Å²) in [5.41, 5.74) is 9.97. The van der Waals surface area contributed by atoms with E-state index in [1.165, 1.54) is 25.7 Å². The molecule has 4 heterocycles. The average Bonchev–Trinajstić information content (AvgIpc) is 3.88. The van der Waals surface area contributed by atoms with Crippen LogP contribution in [0.3, 0.4) is 0 Å². The summed E-state index contributed by atoms with van der Waals surface area (Å²) in [7, 11) is 0. The highest BCUT2D eigenvalue weighted by atomic mass is 32.1. The standard InChI is InChI=1S/C46H29N3OS/c1-3-12-28(13-4-1)38-27-39(29-22-25-42-37(26-29)32-17-8-10-21-41(32)51-42)48-46(47-38)36-19-11-18-34-35-24-23-33-31-16-7-9-20-40(31)49(30-14-5-2-6-15-30)43(33)45(35)50-44(34)36/h1-27,31,40H. The molecule has 0 saturated heterocycles. The summed E-state index contributed by atoms with van der Waals surface area (Å²) in [6.45, 7) is 0. The van der Waals surface area contributed by atoms with Gasteiger partial charge in [0.25, 0.3) is 0 Å². The highest BCUT2D eigenvalue weighted by Gasteiger charge is 2.40. The Bertz CT molecular complexity index is 2890. The van der Waals surface area contributed by atoms with E-state index in [1.54, 1.807) is 0 Å². The third-order valence-electron chi connectivity index (χ3n) is 10.4. The lowest BCUT2D eigenvalue weighted by molar-refractivity contribution is 0.668. The maximum atomic E-state index is 7.06. The average molecular weight is 672 g/mol. The van der Waals surface area contributed by atoms with Gasteiger partial charge in [0.15, 0.2) is 11.4 Å². The quantitative estimate of drug-likeness (QED) is 0.187. The number of para-hydroxylation sites is 2. The first-order valence-corrected chi connectivity index (χ1v) is 18.1. The van der Waals surface area contributed by atoms with Crippen LogP contribution in [0.2, 0.25) is 0 Å².